The summed E-state index contributed by atoms with van der Waals surface area (Å²) in [4.78, 5) is 0. The standard InChI is InChI=1S/C14H23N3/c1-3-5-11-6-7-13-12(9-11)10-14(17-16-13)15-8-4-2/h10-11H,3-9H2,1-2H3,(H,15,17). The topological polar surface area (TPSA) is 37.8 Å². The number of nitrogens with one attached hydrogen (secondary N) is 1. The summed E-state index contributed by atoms with van der Waals surface area (Å²) in [6.45, 7) is 5.41. The van der Waals surface area contributed by atoms with E-state index in [0.717, 1.165) is 31.1 Å². The molecule has 1 aliphatic rings. The van der Waals surface area contributed by atoms with Crippen molar-refractivity contribution in [1.29, 1.82) is 0 Å². The first kappa shape index (κ1) is 12.3. The van der Waals surface area contributed by atoms with Crippen LogP contribution in [0.15, 0.2) is 6.07 Å². The van der Waals surface area contributed by atoms with Gasteiger partial charge in [-0.1, -0.05) is 26.7 Å². The van der Waals surface area contributed by atoms with E-state index in [1.165, 1.54) is 36.9 Å². The van der Waals surface area contributed by atoms with E-state index in [0.29, 0.717) is 0 Å². The second-order valence-electron chi connectivity index (χ2n) is 5.03. The number of nitrogens with zero attached hydrogens (tertiary/aromatic N) is 2. The third kappa shape index (κ3) is 3.18. The summed E-state index contributed by atoms with van der Waals surface area (Å²) < 4.78 is 0. The lowest BCUT2D eigenvalue weighted by Gasteiger charge is -2.23. The Morgan fingerprint density at radius 2 is 2.18 bits per heavy atom. The first-order chi connectivity index (χ1) is 8.33. The van der Waals surface area contributed by atoms with Gasteiger partial charge in [-0.2, -0.15) is 5.10 Å². The SMILES string of the molecule is CCCNc1cc2c(nn1)CCC(CCC)C2. The lowest BCUT2D eigenvalue weighted by molar-refractivity contribution is 0.416. The molecule has 0 saturated heterocycles. The van der Waals surface area contributed by atoms with E-state index < -0.39 is 0 Å². The molecule has 0 bridgehead atoms. The van der Waals surface area contributed by atoms with Crippen LogP contribution in [-0.2, 0) is 12.8 Å². The second-order valence-corrected chi connectivity index (χ2v) is 5.03. The van der Waals surface area contributed by atoms with E-state index >= 15 is 0 Å². The highest BCUT2D eigenvalue weighted by Gasteiger charge is 2.19. The van der Waals surface area contributed by atoms with Crippen LogP contribution in [0.2, 0.25) is 0 Å². The van der Waals surface area contributed by atoms with E-state index in [1.54, 1.807) is 0 Å². The molecule has 1 N–H and O–H groups in total. The highest BCUT2D eigenvalue weighted by atomic mass is 15.2. The van der Waals surface area contributed by atoms with Crippen molar-refractivity contribution in [3.8, 4) is 0 Å². The normalized spacial score (nSPS) is 18.8. The molecule has 1 aromatic heterocycles. The Morgan fingerprint density at radius 3 is 2.94 bits per heavy atom. The molecule has 0 fully saturated rings. The first-order valence-electron chi connectivity index (χ1n) is 6.92. The molecule has 94 valence electrons. The Balaban J connectivity index is 2.06. The van der Waals surface area contributed by atoms with Gasteiger partial charge in [-0.25, -0.2) is 0 Å². The number of fused-ring (bicyclic) bond motifs is 1. The van der Waals surface area contributed by atoms with Gasteiger partial charge < -0.3 is 5.32 Å². The molecule has 0 amide bonds. The highest BCUT2D eigenvalue weighted by Crippen LogP contribution is 2.27. The highest BCUT2D eigenvalue weighted by molar-refractivity contribution is 5.39. The molecular formula is C14H23N3. The average molecular weight is 233 g/mol. The monoisotopic (exact) mass is 233 g/mol. The molecule has 1 unspecified atom stereocenters. The van der Waals surface area contributed by atoms with Crippen LogP contribution in [0, 0.1) is 5.92 Å². The minimum Gasteiger partial charge on any atom is -0.369 e. The molecule has 0 aromatic carbocycles. The van der Waals surface area contributed by atoms with Crippen LogP contribution >= 0.6 is 0 Å². The van der Waals surface area contributed by atoms with Gasteiger partial charge in [0.25, 0.3) is 0 Å². The van der Waals surface area contributed by atoms with Crippen molar-refractivity contribution in [1.82, 2.24) is 10.2 Å². The quantitative estimate of drug-likeness (QED) is 0.848. The van der Waals surface area contributed by atoms with Crippen LogP contribution in [0.1, 0.15) is 50.8 Å². The van der Waals surface area contributed by atoms with Crippen molar-refractivity contribution in [3.05, 3.63) is 17.3 Å². The van der Waals surface area contributed by atoms with Crippen LogP contribution in [-0.4, -0.2) is 16.7 Å². The maximum absolute atomic E-state index is 4.35. The lowest BCUT2D eigenvalue weighted by atomic mass is 9.84. The average Bonchev–Trinajstić information content (AvgIpc) is 2.36. The Kier molecular flexibility index (Phi) is 4.35. The number of hydrogen-bond donors (Lipinski definition) is 1. The predicted molar refractivity (Wildman–Crippen MR) is 71.2 cm³/mol. The van der Waals surface area contributed by atoms with Crippen LogP contribution in [0.5, 0.6) is 0 Å². The van der Waals surface area contributed by atoms with Crippen molar-refractivity contribution in [2.45, 2.75) is 52.4 Å². The van der Waals surface area contributed by atoms with E-state index in [-0.39, 0.29) is 0 Å². The van der Waals surface area contributed by atoms with Gasteiger partial charge in [-0.15, -0.1) is 5.10 Å². The second kappa shape index (κ2) is 5.99. The van der Waals surface area contributed by atoms with Crippen molar-refractivity contribution in [2.75, 3.05) is 11.9 Å². The molecule has 17 heavy (non-hydrogen) atoms. The van der Waals surface area contributed by atoms with Gasteiger partial charge in [0.2, 0.25) is 0 Å². The lowest BCUT2D eigenvalue weighted by Crippen LogP contribution is -2.17. The molecule has 0 spiro atoms. The first-order valence-corrected chi connectivity index (χ1v) is 6.92. The van der Waals surface area contributed by atoms with Gasteiger partial charge in [0.05, 0.1) is 5.69 Å². The van der Waals surface area contributed by atoms with Gasteiger partial charge in [-0.3, -0.25) is 0 Å². The molecule has 1 heterocycles. The Morgan fingerprint density at radius 1 is 1.29 bits per heavy atom. The van der Waals surface area contributed by atoms with Crippen molar-refractivity contribution < 1.29 is 0 Å². The Labute approximate surface area is 104 Å². The minimum atomic E-state index is 0.857. The molecule has 0 radical (unpaired) electrons. The molecule has 3 nitrogen and oxygen atoms in total. The van der Waals surface area contributed by atoms with Crippen molar-refractivity contribution in [2.24, 2.45) is 5.92 Å². The Bertz CT molecular complexity index is 362. The maximum Gasteiger partial charge on any atom is 0.148 e. The van der Waals surface area contributed by atoms with E-state index in [9.17, 15) is 0 Å². The molecule has 2 rings (SSSR count). The molecule has 3 heteroatoms. The summed E-state index contributed by atoms with van der Waals surface area (Å²) in [6.07, 6.45) is 7.36. The summed E-state index contributed by atoms with van der Waals surface area (Å²) >= 11 is 0. The summed E-state index contributed by atoms with van der Waals surface area (Å²) in [5.74, 6) is 1.80. The van der Waals surface area contributed by atoms with Crippen molar-refractivity contribution >= 4 is 5.82 Å². The van der Waals surface area contributed by atoms with Crippen LogP contribution in [0.4, 0.5) is 5.82 Å². The number of hydrogen-bond acceptors (Lipinski definition) is 3. The fourth-order valence-electron chi connectivity index (χ4n) is 2.59. The van der Waals surface area contributed by atoms with E-state index in [2.05, 4.69) is 35.4 Å². The summed E-state index contributed by atoms with van der Waals surface area (Å²) in [5, 5.41) is 11.9. The molecule has 1 aliphatic carbocycles. The summed E-state index contributed by atoms with van der Waals surface area (Å²) in [7, 11) is 0. The van der Waals surface area contributed by atoms with Gasteiger partial charge in [-0.05, 0) is 43.2 Å². The number of aromatic nitrogens is 2. The van der Waals surface area contributed by atoms with Crippen LogP contribution in [0.25, 0.3) is 0 Å². The van der Waals surface area contributed by atoms with Gasteiger partial charge >= 0.3 is 0 Å². The van der Waals surface area contributed by atoms with Gasteiger partial charge in [0.15, 0.2) is 0 Å². The molecular weight excluding hydrogens is 210 g/mol. The molecule has 1 aromatic rings. The molecule has 0 saturated carbocycles. The van der Waals surface area contributed by atoms with Crippen LogP contribution in [0.3, 0.4) is 0 Å². The van der Waals surface area contributed by atoms with Crippen molar-refractivity contribution in [3.63, 3.8) is 0 Å². The van der Waals surface area contributed by atoms with Crippen LogP contribution < -0.4 is 5.32 Å². The largest absolute Gasteiger partial charge is 0.369 e. The fraction of sp³-hybridized carbons (Fsp3) is 0.714. The molecule has 1 atom stereocenters. The minimum absolute atomic E-state index is 0.857. The predicted octanol–water partition coefficient (Wildman–Crippen LogP) is 3.20. The third-order valence-electron chi connectivity index (χ3n) is 3.51. The maximum atomic E-state index is 4.35. The Hall–Kier alpha value is -1.12. The molecule has 0 aliphatic heterocycles. The van der Waals surface area contributed by atoms with Gasteiger partial charge in [0.1, 0.15) is 5.82 Å². The van der Waals surface area contributed by atoms with Gasteiger partial charge in [0, 0.05) is 6.54 Å². The smallest absolute Gasteiger partial charge is 0.148 e. The summed E-state index contributed by atoms with van der Waals surface area (Å²) in [6, 6.07) is 2.21. The zero-order chi connectivity index (χ0) is 12.1. The number of rotatable bonds is 5. The summed E-state index contributed by atoms with van der Waals surface area (Å²) in [5.41, 5.74) is 2.64. The zero-order valence-electron chi connectivity index (χ0n) is 11.0. The third-order valence-corrected chi connectivity index (χ3v) is 3.51. The zero-order valence-corrected chi connectivity index (χ0v) is 11.0. The fourth-order valence-corrected chi connectivity index (χ4v) is 2.59. The van der Waals surface area contributed by atoms with E-state index in [4.69, 9.17) is 0 Å². The van der Waals surface area contributed by atoms with E-state index in [1.807, 2.05) is 0 Å². The number of aryl methyl sites for hydroxylation is 1. The number of anilines is 1.